The summed E-state index contributed by atoms with van der Waals surface area (Å²) in [6.45, 7) is 0. The summed E-state index contributed by atoms with van der Waals surface area (Å²) >= 11 is 0. The smallest absolute Gasteiger partial charge is 0.872 e. The van der Waals surface area contributed by atoms with Crippen molar-refractivity contribution in [2.75, 3.05) is 0 Å². The molecule has 0 aliphatic carbocycles. The summed E-state index contributed by atoms with van der Waals surface area (Å²) in [6.07, 6.45) is 17.8. The number of ketones is 6. The fourth-order valence-electron chi connectivity index (χ4n) is 8.28. The standard InChI is InChI=1S/3C24H26O4.2Nd/c3*25-21(17-23(27)19-11-5-3-6-12-19)15-9-1-2-10-16-22(26)18-24(28)20-13-7-4-8-14-20;;/h3*3-8,11-14,17-18,27-28H,1-2,9-10,15-16H2;;/q;;;2*+3/p-6. The van der Waals surface area contributed by atoms with Gasteiger partial charge < -0.3 is 30.6 Å². The molecule has 0 heterocycles. The van der Waals surface area contributed by atoms with Gasteiger partial charge in [0.15, 0.2) is 34.7 Å². The third-order valence-corrected chi connectivity index (χ3v) is 12.9. The summed E-state index contributed by atoms with van der Waals surface area (Å²) in [5, 5.41) is 71.5. The van der Waals surface area contributed by atoms with Crippen LogP contribution in [0.1, 0.15) is 149 Å². The van der Waals surface area contributed by atoms with Gasteiger partial charge in [-0.2, -0.15) is 0 Å². The van der Waals surface area contributed by atoms with Crippen molar-refractivity contribution in [3.8, 4) is 0 Å². The maximum Gasteiger partial charge on any atom is 3.00 e. The third kappa shape index (κ3) is 33.3. The summed E-state index contributed by atoms with van der Waals surface area (Å²) < 4.78 is 0. The van der Waals surface area contributed by atoms with Crippen molar-refractivity contribution in [3.63, 3.8) is 0 Å². The summed E-state index contributed by atoms with van der Waals surface area (Å²) in [6, 6.07) is 52.2. The molecule has 440 valence electrons. The molecule has 0 saturated heterocycles. The Morgan fingerprint density at radius 3 is 0.442 bits per heavy atom. The molecule has 14 heteroatoms. The SMILES string of the molecule is O=C(C=C([O-])c1ccccc1)CCCCCCC(=O)C=C([O-])c1ccccc1.O=C(C=C([O-])c1ccccc1)CCCCCCC(=O)C=C([O-])c1ccccc1.O=C(C=C([O-])c1ccccc1)CCCCCCC(=O)C=C([O-])c1ccccc1.[Nd+3].[Nd+3]. The molecule has 6 aromatic carbocycles. The van der Waals surface area contributed by atoms with E-state index in [9.17, 15) is 59.4 Å². The molecule has 0 aliphatic rings. The van der Waals surface area contributed by atoms with Crippen LogP contribution in [0.3, 0.4) is 0 Å². The second kappa shape index (κ2) is 45.6. The Hall–Kier alpha value is -6.72. The van der Waals surface area contributed by atoms with Crippen LogP contribution in [-0.2, 0) is 28.8 Å². The molecule has 0 N–H and O–H groups in total. The molecule has 12 nitrogen and oxygen atoms in total. The number of hydrogen-bond donors (Lipinski definition) is 0. The maximum absolute atomic E-state index is 11.9. The Morgan fingerprint density at radius 1 is 0.209 bits per heavy atom. The van der Waals surface area contributed by atoms with E-state index in [1.165, 1.54) is 0 Å². The van der Waals surface area contributed by atoms with E-state index in [4.69, 9.17) is 0 Å². The summed E-state index contributed by atoms with van der Waals surface area (Å²) in [4.78, 5) is 71.1. The molecule has 0 aliphatic heterocycles. The summed E-state index contributed by atoms with van der Waals surface area (Å²) in [5.74, 6) is -2.66. The van der Waals surface area contributed by atoms with Crippen molar-refractivity contribution in [2.24, 2.45) is 0 Å². The Kier molecular flexibility index (Phi) is 39.9. The van der Waals surface area contributed by atoms with E-state index >= 15 is 0 Å². The van der Waals surface area contributed by atoms with Crippen LogP contribution in [0.25, 0.3) is 34.6 Å². The first kappa shape index (κ1) is 75.4. The molecule has 0 unspecified atom stereocenters. The second-order valence-corrected chi connectivity index (χ2v) is 19.8. The van der Waals surface area contributed by atoms with Crippen LogP contribution >= 0.6 is 0 Å². The number of unbranched alkanes of at least 4 members (excludes halogenated alkanes) is 9. The van der Waals surface area contributed by atoms with Crippen LogP contribution < -0.4 is 30.6 Å². The molecule has 86 heavy (non-hydrogen) atoms. The Labute approximate surface area is 572 Å². The fourth-order valence-corrected chi connectivity index (χ4v) is 8.28. The number of rotatable bonds is 33. The summed E-state index contributed by atoms with van der Waals surface area (Å²) in [7, 11) is 0. The van der Waals surface area contributed by atoms with E-state index in [0.717, 1.165) is 75.0 Å². The van der Waals surface area contributed by atoms with Crippen LogP contribution in [-0.4, -0.2) is 34.7 Å². The molecule has 2 radical (unpaired) electrons. The van der Waals surface area contributed by atoms with Crippen molar-refractivity contribution in [1.29, 1.82) is 0 Å². The first-order valence-electron chi connectivity index (χ1n) is 28.5. The quantitative estimate of drug-likeness (QED) is 0.0212. The zero-order valence-electron chi connectivity index (χ0n) is 48.4. The molecule has 0 bridgehead atoms. The molecular formula is C72H72Nd2O12. The predicted octanol–water partition coefficient (Wildman–Crippen LogP) is 9.80. The van der Waals surface area contributed by atoms with Gasteiger partial charge in [-0.1, -0.05) is 255 Å². The monoisotopic (exact) mass is 1410 g/mol. The Morgan fingerprint density at radius 2 is 0.326 bits per heavy atom. The first-order valence-corrected chi connectivity index (χ1v) is 28.5. The van der Waals surface area contributed by atoms with Crippen LogP contribution in [0.4, 0.5) is 0 Å². The van der Waals surface area contributed by atoms with E-state index in [-0.39, 0.29) is 151 Å². The molecule has 0 atom stereocenters. The maximum atomic E-state index is 11.9. The Balaban J connectivity index is 0.000000435. The number of hydrogen-bond acceptors (Lipinski definition) is 12. The molecule has 0 amide bonds. The van der Waals surface area contributed by atoms with Crippen molar-refractivity contribution in [2.45, 2.75) is 116 Å². The van der Waals surface area contributed by atoms with Crippen molar-refractivity contribution < 1.29 is 141 Å². The minimum absolute atomic E-state index is 0. The summed E-state index contributed by atoms with van der Waals surface area (Å²) in [5.41, 5.74) is 3.06. The number of benzene rings is 6. The zero-order chi connectivity index (χ0) is 60.6. The van der Waals surface area contributed by atoms with Gasteiger partial charge >= 0.3 is 81.7 Å². The van der Waals surface area contributed by atoms with Crippen LogP contribution in [0, 0.1) is 81.7 Å². The van der Waals surface area contributed by atoms with Gasteiger partial charge in [-0.15, -0.1) is 0 Å². The molecule has 0 fully saturated rings. The number of carbonyl (C=O) groups excluding carboxylic acids is 6. The molecule has 0 aromatic heterocycles. The first-order chi connectivity index (χ1) is 40.7. The molecule has 6 rings (SSSR count). The van der Waals surface area contributed by atoms with Crippen molar-refractivity contribution in [3.05, 3.63) is 252 Å². The second-order valence-electron chi connectivity index (χ2n) is 19.8. The van der Waals surface area contributed by atoms with Gasteiger partial charge in [0.1, 0.15) is 0 Å². The largest absolute Gasteiger partial charge is 3.00 e. The van der Waals surface area contributed by atoms with E-state index in [0.29, 0.717) is 110 Å². The molecule has 0 saturated carbocycles. The van der Waals surface area contributed by atoms with E-state index in [2.05, 4.69) is 0 Å². The van der Waals surface area contributed by atoms with Gasteiger partial charge in [0.2, 0.25) is 0 Å². The zero-order valence-corrected chi connectivity index (χ0v) is 54.8. The molecule has 0 spiro atoms. The third-order valence-electron chi connectivity index (χ3n) is 12.9. The number of allylic oxidation sites excluding steroid dienone is 6. The Bertz CT molecular complexity index is 2600. The minimum atomic E-state index is -0.269. The van der Waals surface area contributed by atoms with Crippen molar-refractivity contribution in [1.82, 2.24) is 0 Å². The van der Waals surface area contributed by atoms with Gasteiger partial charge in [0, 0.05) is 38.5 Å². The van der Waals surface area contributed by atoms with Crippen LogP contribution in [0.5, 0.6) is 0 Å². The normalized spacial score (nSPS) is 11.7. The van der Waals surface area contributed by atoms with Gasteiger partial charge in [0.25, 0.3) is 0 Å². The van der Waals surface area contributed by atoms with Crippen LogP contribution in [0.15, 0.2) is 218 Å². The van der Waals surface area contributed by atoms with Gasteiger partial charge in [0.05, 0.1) is 0 Å². The van der Waals surface area contributed by atoms with Crippen LogP contribution in [0.2, 0.25) is 0 Å². The van der Waals surface area contributed by atoms with E-state index in [1.807, 2.05) is 36.4 Å². The predicted molar refractivity (Wildman–Crippen MR) is 320 cm³/mol. The van der Waals surface area contributed by atoms with Gasteiger partial charge in [-0.25, -0.2) is 0 Å². The average molecular weight is 1420 g/mol. The fraction of sp³-hybridized carbons (Fsp3) is 0.250. The molecule has 6 aromatic rings. The number of carbonyl (C=O) groups is 6. The van der Waals surface area contributed by atoms with E-state index in [1.54, 1.807) is 146 Å². The van der Waals surface area contributed by atoms with E-state index < -0.39 is 0 Å². The van der Waals surface area contributed by atoms with Crippen molar-refractivity contribution >= 4 is 69.3 Å². The average Bonchev–Trinajstić information content (AvgIpc) is 3.65. The van der Waals surface area contributed by atoms with Gasteiger partial charge in [-0.3, -0.25) is 28.8 Å². The molecular weight excluding hydrogens is 1350 g/mol. The van der Waals surface area contributed by atoms with Gasteiger partial charge in [-0.05, 0) is 108 Å². The minimum Gasteiger partial charge on any atom is -0.872 e. The topological polar surface area (TPSA) is 241 Å².